The predicted molar refractivity (Wildman–Crippen MR) is 118 cm³/mol. The molecule has 1 aliphatic heterocycles. The van der Waals surface area contributed by atoms with E-state index in [0.717, 1.165) is 6.26 Å². The molecule has 1 heterocycles. The monoisotopic (exact) mass is 437 g/mol. The fraction of sp³-hybridized carbons (Fsp3) is 0.130. The molecule has 0 radical (unpaired) electrons. The molecule has 1 amide bonds. The minimum absolute atomic E-state index is 0.238. The van der Waals surface area contributed by atoms with Crippen molar-refractivity contribution >= 4 is 27.3 Å². The van der Waals surface area contributed by atoms with E-state index in [1.165, 1.54) is 11.1 Å². The largest absolute Gasteiger partial charge is 0.283 e. The Kier molecular flexibility index (Phi) is 5.56. The average molecular weight is 437 g/mol. The molecule has 158 valence electrons. The fourth-order valence-corrected chi connectivity index (χ4v) is 4.16. The van der Waals surface area contributed by atoms with Crippen LogP contribution in [0.2, 0.25) is 0 Å². The highest BCUT2D eigenvalue weighted by Gasteiger charge is 2.35. The Morgan fingerprint density at radius 2 is 1.65 bits per heavy atom. The van der Waals surface area contributed by atoms with E-state index in [1.54, 1.807) is 72.8 Å². The second-order valence-electron chi connectivity index (χ2n) is 7.22. The molecule has 31 heavy (non-hydrogen) atoms. The van der Waals surface area contributed by atoms with Gasteiger partial charge < -0.3 is 0 Å². The van der Waals surface area contributed by atoms with E-state index >= 15 is 0 Å². The van der Waals surface area contributed by atoms with Crippen LogP contribution in [0.25, 0.3) is 0 Å². The van der Waals surface area contributed by atoms with E-state index < -0.39 is 21.9 Å². The normalized spacial score (nSPS) is 16.1. The summed E-state index contributed by atoms with van der Waals surface area (Å²) in [6, 6.07) is 21.1. The fourth-order valence-electron chi connectivity index (χ4n) is 3.58. The standard InChI is InChI=1S/C23H20FN3O3S/c1-31(29,30)26-20-14-8-6-12-18(20)21-15-22(17-11-5-7-13-19(17)24)27(25-21)23(28)16-9-3-2-4-10-16/h2-14,22,26H,15H2,1H3/t22-/m1/s1. The van der Waals surface area contributed by atoms with Crippen molar-refractivity contribution in [3.05, 3.63) is 101 Å². The molecule has 0 bridgehead atoms. The number of hydrazone groups is 1. The predicted octanol–water partition coefficient (Wildman–Crippen LogP) is 4.19. The van der Waals surface area contributed by atoms with Gasteiger partial charge in [-0.05, 0) is 24.3 Å². The highest BCUT2D eigenvalue weighted by Crippen LogP contribution is 2.36. The molecule has 1 N–H and O–H groups in total. The Hall–Kier alpha value is -3.52. The first-order chi connectivity index (χ1) is 14.8. The first-order valence-corrected chi connectivity index (χ1v) is 11.5. The lowest BCUT2D eigenvalue weighted by atomic mass is 9.97. The van der Waals surface area contributed by atoms with Gasteiger partial charge in [0.2, 0.25) is 10.0 Å². The Labute approximate surface area is 180 Å². The number of rotatable bonds is 5. The number of para-hydroxylation sites is 1. The van der Waals surface area contributed by atoms with Crippen LogP contribution in [-0.2, 0) is 10.0 Å². The lowest BCUT2D eigenvalue weighted by molar-refractivity contribution is 0.0708. The SMILES string of the molecule is CS(=O)(=O)Nc1ccccc1C1=NN(C(=O)c2ccccc2)[C@@H](c2ccccc2F)C1. The second kappa shape index (κ2) is 8.31. The number of anilines is 1. The minimum Gasteiger partial charge on any atom is -0.283 e. The third-order valence-electron chi connectivity index (χ3n) is 4.94. The summed E-state index contributed by atoms with van der Waals surface area (Å²) in [5, 5.41) is 5.80. The number of hydrogen-bond donors (Lipinski definition) is 1. The van der Waals surface area contributed by atoms with Gasteiger partial charge in [-0.2, -0.15) is 5.10 Å². The van der Waals surface area contributed by atoms with Gasteiger partial charge in [-0.1, -0.05) is 54.6 Å². The summed E-state index contributed by atoms with van der Waals surface area (Å²) >= 11 is 0. The molecule has 0 unspecified atom stereocenters. The van der Waals surface area contributed by atoms with Crippen molar-refractivity contribution in [3.8, 4) is 0 Å². The van der Waals surface area contributed by atoms with Gasteiger partial charge in [0.15, 0.2) is 0 Å². The van der Waals surface area contributed by atoms with Crippen LogP contribution >= 0.6 is 0 Å². The summed E-state index contributed by atoms with van der Waals surface area (Å²) in [4.78, 5) is 13.2. The van der Waals surface area contributed by atoms with Crippen LogP contribution in [0.15, 0.2) is 84.0 Å². The van der Waals surface area contributed by atoms with Gasteiger partial charge >= 0.3 is 0 Å². The quantitative estimate of drug-likeness (QED) is 0.650. The van der Waals surface area contributed by atoms with Crippen molar-refractivity contribution in [2.45, 2.75) is 12.5 Å². The van der Waals surface area contributed by atoms with Crippen LogP contribution in [0, 0.1) is 5.82 Å². The number of sulfonamides is 1. The molecule has 3 aromatic carbocycles. The van der Waals surface area contributed by atoms with Crippen molar-refractivity contribution in [1.82, 2.24) is 5.01 Å². The summed E-state index contributed by atoms with van der Waals surface area (Å²) in [5.41, 5.74) is 2.16. The van der Waals surface area contributed by atoms with Gasteiger partial charge in [0, 0.05) is 23.1 Å². The molecule has 1 aliphatic rings. The molecule has 8 heteroatoms. The molecule has 6 nitrogen and oxygen atoms in total. The summed E-state index contributed by atoms with van der Waals surface area (Å²) in [5.74, 6) is -0.797. The van der Waals surface area contributed by atoms with Crippen molar-refractivity contribution in [2.75, 3.05) is 11.0 Å². The maximum atomic E-state index is 14.6. The summed E-state index contributed by atoms with van der Waals surface area (Å²) < 4.78 is 40.7. The maximum Gasteiger partial charge on any atom is 0.274 e. The number of hydrogen-bond acceptors (Lipinski definition) is 4. The first kappa shape index (κ1) is 20.7. The number of carbonyl (C=O) groups excluding carboxylic acids is 1. The minimum atomic E-state index is -3.52. The summed E-state index contributed by atoms with van der Waals surface area (Å²) in [6.45, 7) is 0. The van der Waals surface area contributed by atoms with Gasteiger partial charge in [-0.25, -0.2) is 17.8 Å². The topological polar surface area (TPSA) is 78.8 Å². The Bertz CT molecular complexity index is 1260. The van der Waals surface area contributed by atoms with Crippen LogP contribution in [-0.4, -0.2) is 31.3 Å². The zero-order chi connectivity index (χ0) is 22.0. The Balaban J connectivity index is 1.79. The zero-order valence-electron chi connectivity index (χ0n) is 16.7. The van der Waals surface area contributed by atoms with Crippen LogP contribution in [0.5, 0.6) is 0 Å². The van der Waals surface area contributed by atoms with Crippen LogP contribution in [0.3, 0.4) is 0 Å². The molecule has 0 saturated heterocycles. The smallest absolute Gasteiger partial charge is 0.274 e. The second-order valence-corrected chi connectivity index (χ2v) is 8.97. The van der Waals surface area contributed by atoms with Gasteiger partial charge in [-0.3, -0.25) is 9.52 Å². The lowest BCUT2D eigenvalue weighted by Crippen LogP contribution is -2.27. The van der Waals surface area contributed by atoms with Crippen LogP contribution in [0.1, 0.15) is 33.9 Å². The summed E-state index contributed by atoms with van der Waals surface area (Å²) in [7, 11) is -3.52. The molecule has 3 aromatic rings. The number of benzene rings is 3. The first-order valence-electron chi connectivity index (χ1n) is 9.61. The van der Waals surface area contributed by atoms with Gasteiger partial charge in [-0.15, -0.1) is 0 Å². The number of carbonyl (C=O) groups is 1. The third kappa shape index (κ3) is 4.49. The van der Waals surface area contributed by atoms with E-state index in [2.05, 4.69) is 9.82 Å². The number of nitrogens with zero attached hydrogens (tertiary/aromatic N) is 2. The van der Waals surface area contributed by atoms with Crippen molar-refractivity contribution in [3.63, 3.8) is 0 Å². The molecular formula is C23H20FN3O3S. The number of halogens is 1. The van der Waals surface area contributed by atoms with E-state index in [-0.39, 0.29) is 12.3 Å². The number of nitrogens with one attached hydrogen (secondary N) is 1. The highest BCUT2D eigenvalue weighted by atomic mass is 32.2. The van der Waals surface area contributed by atoms with Crippen molar-refractivity contribution in [1.29, 1.82) is 0 Å². The van der Waals surface area contributed by atoms with E-state index in [4.69, 9.17) is 0 Å². The number of amides is 1. The van der Waals surface area contributed by atoms with E-state index in [0.29, 0.717) is 28.1 Å². The molecule has 0 fully saturated rings. The molecule has 0 aromatic heterocycles. The zero-order valence-corrected chi connectivity index (χ0v) is 17.5. The molecule has 4 rings (SSSR count). The van der Waals surface area contributed by atoms with Gasteiger partial charge in [0.05, 0.1) is 23.7 Å². The third-order valence-corrected chi connectivity index (χ3v) is 5.53. The molecule has 1 atom stereocenters. The Morgan fingerprint density at radius 3 is 2.35 bits per heavy atom. The van der Waals surface area contributed by atoms with E-state index in [1.807, 2.05) is 0 Å². The average Bonchev–Trinajstić information content (AvgIpc) is 3.18. The lowest BCUT2D eigenvalue weighted by Gasteiger charge is -2.22. The van der Waals surface area contributed by atoms with Crippen LogP contribution in [0.4, 0.5) is 10.1 Å². The maximum absolute atomic E-state index is 14.6. The molecule has 0 saturated carbocycles. The Morgan fingerprint density at radius 1 is 1.00 bits per heavy atom. The summed E-state index contributed by atoms with van der Waals surface area (Å²) in [6.07, 6.45) is 1.30. The van der Waals surface area contributed by atoms with Gasteiger partial charge in [0.1, 0.15) is 5.82 Å². The van der Waals surface area contributed by atoms with E-state index in [9.17, 15) is 17.6 Å². The molecular weight excluding hydrogens is 417 g/mol. The highest BCUT2D eigenvalue weighted by molar-refractivity contribution is 7.92. The molecule has 0 aliphatic carbocycles. The molecule has 0 spiro atoms. The van der Waals surface area contributed by atoms with Crippen molar-refractivity contribution in [2.24, 2.45) is 5.10 Å². The van der Waals surface area contributed by atoms with Gasteiger partial charge in [0.25, 0.3) is 5.91 Å². The van der Waals surface area contributed by atoms with Crippen LogP contribution < -0.4 is 4.72 Å². The van der Waals surface area contributed by atoms with Crippen molar-refractivity contribution < 1.29 is 17.6 Å².